The Labute approximate surface area is 107 Å². The van der Waals surface area contributed by atoms with E-state index in [0.717, 1.165) is 36.9 Å². The Morgan fingerprint density at radius 3 is 3.12 bits per heavy atom. The van der Waals surface area contributed by atoms with Crippen molar-refractivity contribution in [3.63, 3.8) is 0 Å². The van der Waals surface area contributed by atoms with E-state index >= 15 is 0 Å². The number of halogens is 1. The van der Waals surface area contributed by atoms with Crippen LogP contribution in [0, 0.1) is 12.3 Å². The van der Waals surface area contributed by atoms with Gasteiger partial charge in [-0.15, -0.1) is 6.42 Å². The second-order valence-electron chi connectivity index (χ2n) is 3.80. The van der Waals surface area contributed by atoms with Crippen LogP contribution in [0.3, 0.4) is 0 Å². The second-order valence-corrected chi connectivity index (χ2v) is 4.58. The molecule has 0 spiro atoms. The number of furan rings is 1. The maximum absolute atomic E-state index is 5.58. The highest BCUT2D eigenvalue weighted by Crippen LogP contribution is 2.29. The van der Waals surface area contributed by atoms with Crippen LogP contribution < -0.4 is 5.32 Å². The van der Waals surface area contributed by atoms with E-state index in [0.29, 0.717) is 10.4 Å². The van der Waals surface area contributed by atoms with Crippen LogP contribution in [0.2, 0.25) is 0 Å². The van der Waals surface area contributed by atoms with Gasteiger partial charge in [0, 0.05) is 13.1 Å². The predicted octanol–water partition coefficient (Wildman–Crippen LogP) is 1.99. The van der Waals surface area contributed by atoms with Gasteiger partial charge in [0.25, 0.3) is 0 Å². The molecule has 86 valence electrons. The highest BCUT2D eigenvalue weighted by atomic mass is 79.9. The van der Waals surface area contributed by atoms with E-state index in [9.17, 15) is 0 Å². The average Bonchev–Trinajstić information content (AvgIpc) is 2.91. The summed E-state index contributed by atoms with van der Waals surface area (Å²) in [7, 11) is 0. The molecule has 3 heterocycles. The largest absolute Gasteiger partial charge is 0.448 e. The van der Waals surface area contributed by atoms with Crippen molar-refractivity contribution in [3.8, 4) is 23.8 Å². The maximum Gasteiger partial charge on any atom is 0.169 e. The smallest absolute Gasteiger partial charge is 0.169 e. The number of rotatable bonds is 1. The van der Waals surface area contributed by atoms with Gasteiger partial charge in [0.15, 0.2) is 10.4 Å². The van der Waals surface area contributed by atoms with Gasteiger partial charge in [0.05, 0.1) is 6.54 Å². The molecule has 0 amide bonds. The third kappa shape index (κ3) is 1.70. The van der Waals surface area contributed by atoms with E-state index in [1.807, 2.05) is 12.1 Å². The molecular weight excluding hydrogens is 282 g/mol. The molecule has 1 aliphatic rings. The molecule has 5 heteroatoms. The number of nitrogens with zero attached hydrogens (tertiary/aromatic N) is 2. The molecular formula is C12H10BrN3O. The lowest BCUT2D eigenvalue weighted by molar-refractivity contribution is 0.497. The number of aromatic nitrogens is 2. The average molecular weight is 292 g/mol. The lowest BCUT2D eigenvalue weighted by atomic mass is 10.2. The fourth-order valence-corrected chi connectivity index (χ4v) is 2.36. The van der Waals surface area contributed by atoms with Gasteiger partial charge in [-0.3, -0.25) is 0 Å². The minimum absolute atomic E-state index is 0.644. The molecule has 3 rings (SSSR count). The van der Waals surface area contributed by atoms with Crippen molar-refractivity contribution >= 4 is 15.9 Å². The summed E-state index contributed by atoms with van der Waals surface area (Å²) in [6.45, 7) is 2.52. The van der Waals surface area contributed by atoms with Crippen LogP contribution >= 0.6 is 15.9 Å². The zero-order chi connectivity index (χ0) is 11.8. The predicted molar refractivity (Wildman–Crippen MR) is 67.3 cm³/mol. The third-order valence-corrected chi connectivity index (χ3v) is 3.21. The van der Waals surface area contributed by atoms with Gasteiger partial charge in [-0.2, -0.15) is 0 Å². The Kier molecular flexibility index (Phi) is 2.54. The van der Waals surface area contributed by atoms with Gasteiger partial charge in [0.1, 0.15) is 17.2 Å². The SMILES string of the molecule is C#Cc1nc2n(c1-c1ccc(Br)o1)CCNC2. The van der Waals surface area contributed by atoms with Crippen LogP contribution in [-0.2, 0) is 13.1 Å². The Bertz CT molecular complexity index is 606. The molecule has 0 saturated carbocycles. The second kappa shape index (κ2) is 4.06. The molecule has 2 aromatic rings. The highest BCUT2D eigenvalue weighted by molar-refractivity contribution is 9.10. The normalized spacial score (nSPS) is 14.4. The van der Waals surface area contributed by atoms with E-state index in [2.05, 4.69) is 36.7 Å². The topological polar surface area (TPSA) is 43.0 Å². The first-order chi connectivity index (χ1) is 8.29. The molecule has 17 heavy (non-hydrogen) atoms. The van der Waals surface area contributed by atoms with Crippen LogP contribution in [0.25, 0.3) is 11.5 Å². The number of terminal acetylenes is 1. The number of fused-ring (bicyclic) bond motifs is 1. The van der Waals surface area contributed by atoms with Crippen LogP contribution in [0.1, 0.15) is 11.5 Å². The van der Waals surface area contributed by atoms with Gasteiger partial charge in [-0.1, -0.05) is 0 Å². The molecule has 0 bridgehead atoms. The monoisotopic (exact) mass is 291 g/mol. The minimum Gasteiger partial charge on any atom is -0.448 e. The summed E-state index contributed by atoms with van der Waals surface area (Å²) >= 11 is 3.30. The minimum atomic E-state index is 0.644. The molecule has 0 aliphatic carbocycles. The zero-order valence-electron chi connectivity index (χ0n) is 9.03. The van der Waals surface area contributed by atoms with Crippen molar-refractivity contribution in [1.82, 2.24) is 14.9 Å². The number of nitrogens with one attached hydrogen (secondary N) is 1. The molecule has 0 radical (unpaired) electrons. The molecule has 2 aromatic heterocycles. The highest BCUT2D eigenvalue weighted by Gasteiger charge is 2.21. The Morgan fingerprint density at radius 2 is 2.41 bits per heavy atom. The first-order valence-electron chi connectivity index (χ1n) is 5.32. The molecule has 0 aromatic carbocycles. The van der Waals surface area contributed by atoms with Crippen LogP contribution in [-0.4, -0.2) is 16.1 Å². The fraction of sp³-hybridized carbons (Fsp3) is 0.250. The van der Waals surface area contributed by atoms with Crippen LogP contribution in [0.15, 0.2) is 21.2 Å². The van der Waals surface area contributed by atoms with Gasteiger partial charge in [-0.25, -0.2) is 4.98 Å². The standard InChI is InChI=1S/C12H10BrN3O/c1-2-8-12(9-3-4-10(13)17-9)16-6-5-14-7-11(16)15-8/h1,3-4,14H,5-7H2. The van der Waals surface area contributed by atoms with Gasteiger partial charge < -0.3 is 14.3 Å². The summed E-state index contributed by atoms with van der Waals surface area (Å²) < 4.78 is 8.39. The van der Waals surface area contributed by atoms with E-state index in [1.165, 1.54) is 0 Å². The summed E-state index contributed by atoms with van der Waals surface area (Å²) in [6, 6.07) is 3.76. The summed E-state index contributed by atoms with van der Waals surface area (Å²) in [6.07, 6.45) is 5.51. The first kappa shape index (κ1) is 10.6. The molecule has 0 unspecified atom stereocenters. The molecule has 0 atom stereocenters. The van der Waals surface area contributed by atoms with Crippen LogP contribution in [0.4, 0.5) is 0 Å². The van der Waals surface area contributed by atoms with Crippen molar-refractivity contribution in [2.24, 2.45) is 0 Å². The number of hydrogen-bond donors (Lipinski definition) is 1. The zero-order valence-corrected chi connectivity index (χ0v) is 10.6. The Balaban J connectivity index is 2.21. The van der Waals surface area contributed by atoms with Crippen molar-refractivity contribution in [1.29, 1.82) is 0 Å². The lowest BCUT2D eigenvalue weighted by Gasteiger charge is -2.16. The molecule has 0 fully saturated rings. The van der Waals surface area contributed by atoms with E-state index in [-0.39, 0.29) is 0 Å². The lowest BCUT2D eigenvalue weighted by Crippen LogP contribution is -2.28. The maximum atomic E-state index is 5.58. The Morgan fingerprint density at radius 1 is 1.53 bits per heavy atom. The molecule has 4 nitrogen and oxygen atoms in total. The summed E-state index contributed by atoms with van der Waals surface area (Å²) in [4.78, 5) is 4.44. The van der Waals surface area contributed by atoms with Gasteiger partial charge >= 0.3 is 0 Å². The van der Waals surface area contributed by atoms with Crippen molar-refractivity contribution < 1.29 is 4.42 Å². The van der Waals surface area contributed by atoms with Crippen molar-refractivity contribution in [2.45, 2.75) is 13.1 Å². The molecule has 1 aliphatic heterocycles. The summed E-state index contributed by atoms with van der Waals surface area (Å²) in [5.41, 5.74) is 1.54. The van der Waals surface area contributed by atoms with Gasteiger partial charge in [0.2, 0.25) is 0 Å². The van der Waals surface area contributed by atoms with Crippen molar-refractivity contribution in [3.05, 3.63) is 28.3 Å². The molecule has 1 N–H and O–H groups in total. The van der Waals surface area contributed by atoms with E-state index in [4.69, 9.17) is 10.8 Å². The number of hydrogen-bond acceptors (Lipinski definition) is 3. The van der Waals surface area contributed by atoms with Crippen molar-refractivity contribution in [2.75, 3.05) is 6.54 Å². The fourth-order valence-electron chi connectivity index (χ4n) is 2.06. The van der Waals surface area contributed by atoms with E-state index < -0.39 is 0 Å². The summed E-state index contributed by atoms with van der Waals surface area (Å²) in [5.74, 6) is 4.35. The molecule has 0 saturated heterocycles. The Hall–Kier alpha value is -1.51. The first-order valence-corrected chi connectivity index (χ1v) is 6.11. The van der Waals surface area contributed by atoms with E-state index in [1.54, 1.807) is 0 Å². The quantitative estimate of drug-likeness (QED) is 0.817. The van der Waals surface area contributed by atoms with Gasteiger partial charge in [-0.05, 0) is 34.0 Å². The number of imidazole rings is 1. The summed E-state index contributed by atoms with van der Waals surface area (Å²) in [5, 5.41) is 3.27. The third-order valence-electron chi connectivity index (χ3n) is 2.79. The van der Waals surface area contributed by atoms with Crippen LogP contribution in [0.5, 0.6) is 0 Å².